The molecule has 0 unspecified atom stereocenters. The van der Waals surface area contributed by atoms with Gasteiger partial charge in [0.25, 0.3) is 0 Å². The summed E-state index contributed by atoms with van der Waals surface area (Å²) in [6.45, 7) is 0. The highest BCUT2D eigenvalue weighted by atomic mass is 35.5. The normalized spacial score (nSPS) is 10.3. The van der Waals surface area contributed by atoms with E-state index in [9.17, 15) is 4.79 Å². The van der Waals surface area contributed by atoms with E-state index < -0.39 is 0 Å². The number of hydrogen-bond donors (Lipinski definition) is 1. The molecule has 0 saturated heterocycles. The summed E-state index contributed by atoms with van der Waals surface area (Å²) in [4.78, 5) is 12.1. The summed E-state index contributed by atoms with van der Waals surface area (Å²) in [6, 6.07) is 16.2. The molecular formula is C18H14ClN5OS. The highest BCUT2D eigenvalue weighted by Gasteiger charge is 2.14. The number of nitriles is 1. The highest BCUT2D eigenvalue weighted by molar-refractivity contribution is 7.99. The Hall–Kier alpha value is -2.82. The minimum atomic E-state index is -0.188. The second-order valence-corrected chi connectivity index (χ2v) is 6.72. The molecule has 3 aromatic rings. The van der Waals surface area contributed by atoms with Crippen molar-refractivity contribution in [3.63, 3.8) is 0 Å². The number of aromatic nitrogens is 3. The van der Waals surface area contributed by atoms with Crippen LogP contribution in [0.1, 0.15) is 5.56 Å². The molecule has 2 aromatic carbocycles. The molecule has 0 aliphatic heterocycles. The molecule has 0 atom stereocenters. The van der Waals surface area contributed by atoms with Crippen LogP contribution in [0, 0.1) is 11.3 Å². The summed E-state index contributed by atoms with van der Waals surface area (Å²) in [5, 5.41) is 21.2. The van der Waals surface area contributed by atoms with Gasteiger partial charge in [-0.2, -0.15) is 5.26 Å². The first-order chi connectivity index (χ1) is 12.6. The van der Waals surface area contributed by atoms with E-state index in [-0.39, 0.29) is 11.7 Å². The Bertz CT molecular complexity index is 995. The first kappa shape index (κ1) is 18.0. The molecule has 1 N–H and O–H groups in total. The zero-order valence-electron chi connectivity index (χ0n) is 13.8. The molecule has 0 aliphatic carbocycles. The molecule has 0 saturated carbocycles. The third-order valence-corrected chi connectivity index (χ3v) is 4.91. The second kappa shape index (κ2) is 8.04. The summed E-state index contributed by atoms with van der Waals surface area (Å²) in [5.41, 5.74) is 1.87. The van der Waals surface area contributed by atoms with Crippen molar-refractivity contribution in [2.24, 2.45) is 7.05 Å². The second-order valence-electron chi connectivity index (χ2n) is 5.37. The van der Waals surface area contributed by atoms with Crippen LogP contribution in [-0.2, 0) is 11.8 Å². The predicted octanol–water partition coefficient (Wildman–Crippen LogP) is 3.74. The van der Waals surface area contributed by atoms with Crippen molar-refractivity contribution >= 4 is 35.0 Å². The molecule has 0 radical (unpaired) electrons. The minimum Gasteiger partial charge on any atom is -0.325 e. The number of anilines is 1. The van der Waals surface area contributed by atoms with Gasteiger partial charge in [-0.1, -0.05) is 41.6 Å². The van der Waals surface area contributed by atoms with Crippen molar-refractivity contribution in [3.8, 4) is 17.5 Å². The summed E-state index contributed by atoms with van der Waals surface area (Å²) in [5.74, 6) is 0.623. The van der Waals surface area contributed by atoms with Crippen molar-refractivity contribution in [1.82, 2.24) is 14.8 Å². The molecule has 130 valence electrons. The Morgan fingerprint density at radius 1 is 1.27 bits per heavy atom. The van der Waals surface area contributed by atoms with Crippen LogP contribution in [0.3, 0.4) is 0 Å². The molecule has 0 spiro atoms. The number of hydrogen-bond acceptors (Lipinski definition) is 5. The average molecular weight is 384 g/mol. The third kappa shape index (κ3) is 4.04. The van der Waals surface area contributed by atoms with Gasteiger partial charge in [-0.15, -0.1) is 10.2 Å². The molecular weight excluding hydrogens is 370 g/mol. The van der Waals surface area contributed by atoms with Gasteiger partial charge in [-0.3, -0.25) is 4.79 Å². The number of halogens is 1. The number of carbonyl (C=O) groups is 1. The summed E-state index contributed by atoms with van der Waals surface area (Å²) < 4.78 is 1.80. The third-order valence-electron chi connectivity index (χ3n) is 3.56. The van der Waals surface area contributed by atoms with Crippen LogP contribution in [-0.4, -0.2) is 26.4 Å². The largest absolute Gasteiger partial charge is 0.325 e. The lowest BCUT2D eigenvalue weighted by Gasteiger charge is -2.06. The van der Waals surface area contributed by atoms with E-state index in [0.717, 1.165) is 5.56 Å². The van der Waals surface area contributed by atoms with Crippen LogP contribution in [0.4, 0.5) is 5.69 Å². The van der Waals surface area contributed by atoms with Gasteiger partial charge >= 0.3 is 0 Å². The summed E-state index contributed by atoms with van der Waals surface area (Å²) in [6.07, 6.45) is 0. The monoisotopic (exact) mass is 383 g/mol. The number of benzene rings is 2. The fourth-order valence-electron chi connectivity index (χ4n) is 2.31. The molecule has 0 bridgehead atoms. The van der Waals surface area contributed by atoms with E-state index in [4.69, 9.17) is 16.9 Å². The van der Waals surface area contributed by atoms with Gasteiger partial charge in [0.1, 0.15) is 0 Å². The predicted molar refractivity (Wildman–Crippen MR) is 102 cm³/mol. The van der Waals surface area contributed by atoms with Crippen LogP contribution < -0.4 is 5.32 Å². The molecule has 0 fully saturated rings. The SMILES string of the molecule is Cn1c(SCC(=O)Nc2cccc(C#N)c2)nnc1-c1ccccc1Cl. The van der Waals surface area contributed by atoms with Crippen LogP contribution in [0.5, 0.6) is 0 Å². The number of thioether (sulfide) groups is 1. The van der Waals surface area contributed by atoms with Gasteiger partial charge < -0.3 is 9.88 Å². The molecule has 0 aliphatic rings. The zero-order chi connectivity index (χ0) is 18.5. The van der Waals surface area contributed by atoms with E-state index in [1.165, 1.54) is 11.8 Å². The zero-order valence-corrected chi connectivity index (χ0v) is 15.4. The topological polar surface area (TPSA) is 83.6 Å². The van der Waals surface area contributed by atoms with Crippen molar-refractivity contribution in [2.45, 2.75) is 5.16 Å². The van der Waals surface area contributed by atoms with Gasteiger partial charge in [0.15, 0.2) is 11.0 Å². The number of amides is 1. The Labute approximate surface area is 159 Å². The van der Waals surface area contributed by atoms with Gasteiger partial charge in [0, 0.05) is 18.3 Å². The van der Waals surface area contributed by atoms with Gasteiger partial charge in [0.05, 0.1) is 22.4 Å². The van der Waals surface area contributed by atoms with Crippen LogP contribution >= 0.6 is 23.4 Å². The maximum absolute atomic E-state index is 12.1. The quantitative estimate of drug-likeness (QED) is 0.678. The lowest BCUT2D eigenvalue weighted by Crippen LogP contribution is -2.14. The molecule has 6 nitrogen and oxygen atoms in total. The van der Waals surface area contributed by atoms with Crippen molar-refractivity contribution in [2.75, 3.05) is 11.1 Å². The van der Waals surface area contributed by atoms with Crippen LogP contribution in [0.25, 0.3) is 11.4 Å². The van der Waals surface area contributed by atoms with E-state index in [2.05, 4.69) is 15.5 Å². The van der Waals surface area contributed by atoms with Gasteiger partial charge in [-0.05, 0) is 30.3 Å². The Balaban J connectivity index is 1.66. The summed E-state index contributed by atoms with van der Waals surface area (Å²) >= 11 is 7.48. The number of nitrogens with zero attached hydrogens (tertiary/aromatic N) is 4. The molecule has 1 aromatic heterocycles. The van der Waals surface area contributed by atoms with E-state index in [1.807, 2.05) is 31.3 Å². The molecule has 26 heavy (non-hydrogen) atoms. The van der Waals surface area contributed by atoms with E-state index in [0.29, 0.717) is 27.3 Å². The minimum absolute atomic E-state index is 0.172. The first-order valence-corrected chi connectivity index (χ1v) is 9.02. The van der Waals surface area contributed by atoms with Gasteiger partial charge in [0.2, 0.25) is 5.91 Å². The van der Waals surface area contributed by atoms with Gasteiger partial charge in [-0.25, -0.2) is 0 Å². The van der Waals surface area contributed by atoms with Crippen LogP contribution in [0.15, 0.2) is 53.7 Å². The number of carbonyl (C=O) groups excluding carboxylic acids is 1. The fourth-order valence-corrected chi connectivity index (χ4v) is 3.24. The van der Waals surface area contributed by atoms with Crippen molar-refractivity contribution in [3.05, 3.63) is 59.1 Å². The average Bonchev–Trinajstić information content (AvgIpc) is 3.01. The number of nitrogens with one attached hydrogen (secondary N) is 1. The van der Waals surface area contributed by atoms with E-state index in [1.54, 1.807) is 34.9 Å². The highest BCUT2D eigenvalue weighted by Crippen LogP contribution is 2.28. The summed E-state index contributed by atoms with van der Waals surface area (Å²) in [7, 11) is 1.83. The van der Waals surface area contributed by atoms with Crippen LogP contribution in [0.2, 0.25) is 5.02 Å². The molecule has 8 heteroatoms. The smallest absolute Gasteiger partial charge is 0.234 e. The lowest BCUT2D eigenvalue weighted by atomic mass is 10.2. The number of rotatable bonds is 5. The van der Waals surface area contributed by atoms with Crippen molar-refractivity contribution in [1.29, 1.82) is 5.26 Å². The lowest BCUT2D eigenvalue weighted by molar-refractivity contribution is -0.113. The molecule has 1 amide bonds. The Kier molecular flexibility index (Phi) is 5.56. The Morgan fingerprint density at radius 2 is 2.08 bits per heavy atom. The maximum Gasteiger partial charge on any atom is 0.234 e. The maximum atomic E-state index is 12.1. The standard InChI is InChI=1S/C18H14ClN5OS/c1-24-17(14-7-2-3-8-15(14)19)22-23-18(24)26-11-16(25)21-13-6-4-5-12(9-13)10-20/h2-9H,11H2,1H3,(H,21,25). The van der Waals surface area contributed by atoms with E-state index >= 15 is 0 Å². The molecule has 1 heterocycles. The fraction of sp³-hybridized carbons (Fsp3) is 0.111. The molecule has 3 rings (SSSR count). The van der Waals surface area contributed by atoms with Crippen molar-refractivity contribution < 1.29 is 4.79 Å². The Morgan fingerprint density at radius 3 is 2.85 bits per heavy atom. The first-order valence-electron chi connectivity index (χ1n) is 7.65.